The molecule has 6 nitrogen and oxygen atoms in total. The van der Waals surface area contributed by atoms with Crippen molar-refractivity contribution in [3.05, 3.63) is 28.8 Å². The van der Waals surface area contributed by atoms with E-state index in [-0.39, 0.29) is 18.5 Å². The molecule has 0 aromatic heterocycles. The lowest BCUT2D eigenvalue weighted by Crippen LogP contribution is -2.46. The third-order valence-electron chi connectivity index (χ3n) is 4.04. The first-order valence-corrected chi connectivity index (χ1v) is 8.47. The minimum Gasteiger partial charge on any atom is -0.496 e. The van der Waals surface area contributed by atoms with Crippen molar-refractivity contribution in [2.24, 2.45) is 0 Å². The lowest BCUT2D eigenvalue weighted by Gasteiger charge is -2.18. The van der Waals surface area contributed by atoms with Crippen molar-refractivity contribution < 1.29 is 14.3 Å². The third-order valence-corrected chi connectivity index (χ3v) is 4.27. The van der Waals surface area contributed by atoms with Gasteiger partial charge in [-0.05, 0) is 38.1 Å². The Morgan fingerprint density at radius 3 is 2.71 bits per heavy atom. The summed E-state index contributed by atoms with van der Waals surface area (Å²) in [7, 11) is 3.39. The monoisotopic (exact) mass is 353 g/mol. The predicted molar refractivity (Wildman–Crippen MR) is 93.3 cm³/mol. The van der Waals surface area contributed by atoms with Crippen molar-refractivity contribution in [2.75, 3.05) is 20.7 Å². The van der Waals surface area contributed by atoms with E-state index in [2.05, 4.69) is 10.6 Å². The van der Waals surface area contributed by atoms with Crippen molar-refractivity contribution in [3.63, 3.8) is 0 Å². The lowest BCUT2D eigenvalue weighted by atomic mass is 10.2. The quantitative estimate of drug-likeness (QED) is 0.824. The molecule has 3 amide bonds. The summed E-state index contributed by atoms with van der Waals surface area (Å²) in [6.45, 7) is 0.592. The highest BCUT2D eigenvalue weighted by Gasteiger charge is 2.18. The second-order valence-electron chi connectivity index (χ2n) is 6.13. The molecule has 1 aliphatic rings. The molecule has 0 radical (unpaired) electrons. The average molecular weight is 354 g/mol. The SMILES string of the molecule is COc1ccc(Cl)cc1CN(C)CC(=O)NC(=O)NC1CCCC1. The molecule has 7 heteroatoms. The highest BCUT2D eigenvalue weighted by atomic mass is 35.5. The molecule has 1 fully saturated rings. The molecule has 1 aromatic carbocycles. The van der Waals surface area contributed by atoms with Gasteiger partial charge >= 0.3 is 6.03 Å². The van der Waals surface area contributed by atoms with Crippen molar-refractivity contribution in [3.8, 4) is 5.75 Å². The van der Waals surface area contributed by atoms with Crippen LogP contribution in [0.2, 0.25) is 5.02 Å². The molecule has 132 valence electrons. The molecule has 0 heterocycles. The van der Waals surface area contributed by atoms with Gasteiger partial charge in [0.15, 0.2) is 0 Å². The molecule has 0 bridgehead atoms. The molecule has 0 atom stereocenters. The standard InChI is InChI=1S/C17H24ClN3O3/c1-21(10-12-9-13(18)7-8-15(12)24-2)11-16(22)20-17(23)19-14-5-3-4-6-14/h7-9,14H,3-6,10-11H2,1-2H3,(H2,19,20,22,23). The van der Waals surface area contributed by atoms with Crippen LogP contribution in [-0.4, -0.2) is 43.6 Å². The fourth-order valence-electron chi connectivity index (χ4n) is 2.92. The highest BCUT2D eigenvalue weighted by molar-refractivity contribution is 6.30. The number of ether oxygens (including phenoxy) is 1. The zero-order valence-electron chi connectivity index (χ0n) is 14.1. The van der Waals surface area contributed by atoms with Crippen LogP contribution in [0, 0.1) is 0 Å². The summed E-state index contributed by atoms with van der Waals surface area (Å²) >= 11 is 6.01. The summed E-state index contributed by atoms with van der Waals surface area (Å²) in [4.78, 5) is 25.6. The largest absolute Gasteiger partial charge is 0.496 e. The number of urea groups is 1. The number of benzene rings is 1. The minimum absolute atomic E-state index is 0.105. The normalized spacial score (nSPS) is 14.7. The van der Waals surface area contributed by atoms with Gasteiger partial charge < -0.3 is 10.1 Å². The maximum Gasteiger partial charge on any atom is 0.321 e. The molecule has 24 heavy (non-hydrogen) atoms. The number of methoxy groups -OCH3 is 1. The third kappa shape index (κ3) is 5.69. The van der Waals surface area contributed by atoms with Gasteiger partial charge in [0.2, 0.25) is 5.91 Å². The topological polar surface area (TPSA) is 70.7 Å². The first kappa shape index (κ1) is 18.5. The molecule has 0 saturated heterocycles. The van der Waals surface area contributed by atoms with E-state index < -0.39 is 6.03 Å². The van der Waals surface area contributed by atoms with E-state index in [0.717, 1.165) is 31.2 Å². The minimum atomic E-state index is -0.416. The molecule has 1 aliphatic carbocycles. The Morgan fingerprint density at radius 1 is 1.33 bits per heavy atom. The molecule has 2 rings (SSSR count). The molecule has 2 N–H and O–H groups in total. The molecule has 1 aromatic rings. The number of amides is 3. The number of carbonyl (C=O) groups excluding carboxylic acids is 2. The first-order valence-electron chi connectivity index (χ1n) is 8.09. The van der Waals surface area contributed by atoms with Gasteiger partial charge in [0.25, 0.3) is 0 Å². The summed E-state index contributed by atoms with van der Waals surface area (Å²) in [5, 5.41) is 5.82. The van der Waals surface area contributed by atoms with E-state index in [1.165, 1.54) is 0 Å². The number of halogens is 1. The second-order valence-corrected chi connectivity index (χ2v) is 6.57. The van der Waals surface area contributed by atoms with E-state index in [0.29, 0.717) is 17.3 Å². The van der Waals surface area contributed by atoms with E-state index in [4.69, 9.17) is 16.3 Å². The number of imide groups is 1. The van der Waals surface area contributed by atoms with E-state index >= 15 is 0 Å². The molecule has 0 aliphatic heterocycles. The summed E-state index contributed by atoms with van der Waals surface area (Å²) < 4.78 is 5.30. The van der Waals surface area contributed by atoms with Crippen molar-refractivity contribution >= 4 is 23.5 Å². The maximum atomic E-state index is 12.0. The van der Waals surface area contributed by atoms with Gasteiger partial charge in [-0.25, -0.2) is 4.79 Å². The summed E-state index contributed by atoms with van der Waals surface area (Å²) in [5.41, 5.74) is 0.885. The summed E-state index contributed by atoms with van der Waals surface area (Å²) in [6, 6.07) is 5.12. The Balaban J connectivity index is 1.80. The van der Waals surface area contributed by atoms with Crippen LogP contribution >= 0.6 is 11.6 Å². The van der Waals surface area contributed by atoms with E-state index in [1.807, 2.05) is 6.07 Å². The van der Waals surface area contributed by atoms with Crippen LogP contribution in [0.5, 0.6) is 5.75 Å². The number of hydrogen-bond acceptors (Lipinski definition) is 4. The summed E-state index contributed by atoms with van der Waals surface area (Å²) in [6.07, 6.45) is 4.22. The molecule has 0 unspecified atom stereocenters. The molecular formula is C17H24ClN3O3. The molecule has 0 spiro atoms. The van der Waals surface area contributed by atoms with Gasteiger partial charge in [0, 0.05) is 23.2 Å². The van der Waals surface area contributed by atoms with Crippen LogP contribution < -0.4 is 15.4 Å². The predicted octanol–water partition coefficient (Wildman–Crippen LogP) is 2.55. The number of likely N-dealkylation sites (N-methyl/N-ethyl adjacent to an activating group) is 1. The smallest absolute Gasteiger partial charge is 0.321 e. The van der Waals surface area contributed by atoms with Gasteiger partial charge in [-0.3, -0.25) is 15.0 Å². The first-order chi connectivity index (χ1) is 11.5. The van der Waals surface area contributed by atoms with E-state index in [1.54, 1.807) is 31.2 Å². The number of rotatable bonds is 6. The number of nitrogens with one attached hydrogen (secondary N) is 2. The van der Waals surface area contributed by atoms with Crippen molar-refractivity contribution in [2.45, 2.75) is 38.3 Å². The number of hydrogen-bond donors (Lipinski definition) is 2. The Bertz CT molecular complexity index is 588. The Hall–Kier alpha value is -1.79. The Kier molecular flexibility index (Phi) is 6.87. The molecule has 1 saturated carbocycles. The van der Waals surface area contributed by atoms with E-state index in [9.17, 15) is 9.59 Å². The summed E-state index contributed by atoms with van der Waals surface area (Å²) in [5.74, 6) is 0.375. The number of carbonyl (C=O) groups is 2. The van der Waals surface area contributed by atoms with Crippen LogP contribution in [0.3, 0.4) is 0 Å². The number of nitrogens with zero attached hydrogens (tertiary/aromatic N) is 1. The zero-order valence-corrected chi connectivity index (χ0v) is 14.9. The van der Waals surface area contributed by atoms with Crippen LogP contribution in [0.4, 0.5) is 4.79 Å². The van der Waals surface area contributed by atoms with Gasteiger partial charge in [-0.15, -0.1) is 0 Å². The van der Waals surface area contributed by atoms with Crippen LogP contribution in [0.1, 0.15) is 31.2 Å². The van der Waals surface area contributed by atoms with Gasteiger partial charge in [-0.2, -0.15) is 0 Å². The van der Waals surface area contributed by atoms with Gasteiger partial charge in [-0.1, -0.05) is 24.4 Å². The fourth-order valence-corrected chi connectivity index (χ4v) is 3.12. The second kappa shape index (κ2) is 8.89. The fraction of sp³-hybridized carbons (Fsp3) is 0.529. The van der Waals surface area contributed by atoms with Crippen LogP contribution in [0.25, 0.3) is 0 Å². The van der Waals surface area contributed by atoms with Gasteiger partial charge in [0.05, 0.1) is 13.7 Å². The van der Waals surface area contributed by atoms with Crippen molar-refractivity contribution in [1.82, 2.24) is 15.5 Å². The lowest BCUT2D eigenvalue weighted by molar-refractivity contribution is -0.121. The van der Waals surface area contributed by atoms with Gasteiger partial charge in [0.1, 0.15) is 5.75 Å². The Morgan fingerprint density at radius 2 is 2.04 bits per heavy atom. The van der Waals surface area contributed by atoms with Crippen molar-refractivity contribution in [1.29, 1.82) is 0 Å². The Labute approximate surface area is 147 Å². The molecular weight excluding hydrogens is 330 g/mol. The average Bonchev–Trinajstić information content (AvgIpc) is 2.99. The highest BCUT2D eigenvalue weighted by Crippen LogP contribution is 2.23. The van der Waals surface area contributed by atoms with Crippen LogP contribution in [0.15, 0.2) is 18.2 Å². The maximum absolute atomic E-state index is 12.0. The van der Waals surface area contributed by atoms with Crippen LogP contribution in [-0.2, 0) is 11.3 Å². The zero-order chi connectivity index (χ0) is 17.5.